The van der Waals surface area contributed by atoms with Crippen molar-refractivity contribution in [3.8, 4) is 5.69 Å². The van der Waals surface area contributed by atoms with E-state index >= 15 is 0 Å². The summed E-state index contributed by atoms with van der Waals surface area (Å²) in [4.78, 5) is 12.0. The Morgan fingerprint density at radius 2 is 2.05 bits per heavy atom. The first kappa shape index (κ1) is 14.1. The highest BCUT2D eigenvalue weighted by Gasteiger charge is 2.10. The Bertz CT molecular complexity index is 752. The van der Waals surface area contributed by atoms with Crippen LogP contribution in [-0.2, 0) is 13.6 Å². The molecule has 22 heavy (non-hydrogen) atoms. The van der Waals surface area contributed by atoms with E-state index in [0.717, 1.165) is 16.9 Å². The van der Waals surface area contributed by atoms with Gasteiger partial charge in [0.25, 0.3) is 5.91 Å². The number of rotatable bonds is 4. The number of hydrogen-bond donors (Lipinski definition) is 1. The summed E-state index contributed by atoms with van der Waals surface area (Å²) in [7, 11) is 1.82. The maximum atomic E-state index is 12.0. The van der Waals surface area contributed by atoms with Gasteiger partial charge in [-0.15, -0.1) is 0 Å². The van der Waals surface area contributed by atoms with Gasteiger partial charge in [-0.25, -0.2) is 4.68 Å². The molecule has 112 valence electrons. The smallest absolute Gasteiger partial charge is 0.272 e. The van der Waals surface area contributed by atoms with Gasteiger partial charge in [0.2, 0.25) is 0 Å². The molecule has 2 heterocycles. The average molecular weight is 295 g/mol. The molecule has 0 unspecified atom stereocenters. The minimum absolute atomic E-state index is 0.167. The third-order valence-corrected chi connectivity index (χ3v) is 3.50. The molecule has 0 aliphatic heterocycles. The van der Waals surface area contributed by atoms with Gasteiger partial charge in [-0.2, -0.15) is 10.2 Å². The molecule has 0 saturated carbocycles. The fourth-order valence-electron chi connectivity index (χ4n) is 2.13. The molecule has 0 saturated heterocycles. The van der Waals surface area contributed by atoms with Crippen molar-refractivity contribution in [2.45, 2.75) is 13.5 Å². The van der Waals surface area contributed by atoms with Gasteiger partial charge < -0.3 is 5.32 Å². The first-order valence-corrected chi connectivity index (χ1v) is 7.01. The molecular formula is C16H17N5O. The lowest BCUT2D eigenvalue weighted by Crippen LogP contribution is -2.23. The van der Waals surface area contributed by atoms with Gasteiger partial charge >= 0.3 is 0 Å². The third kappa shape index (κ3) is 2.90. The molecule has 0 atom stereocenters. The molecule has 2 aromatic heterocycles. The Hall–Kier alpha value is -2.89. The van der Waals surface area contributed by atoms with E-state index in [4.69, 9.17) is 0 Å². The molecule has 1 aromatic carbocycles. The van der Waals surface area contributed by atoms with E-state index in [1.54, 1.807) is 21.6 Å². The lowest BCUT2D eigenvalue weighted by atomic mass is 10.2. The van der Waals surface area contributed by atoms with Crippen LogP contribution in [0.25, 0.3) is 5.69 Å². The highest BCUT2D eigenvalue weighted by molar-refractivity contribution is 5.92. The van der Waals surface area contributed by atoms with Crippen molar-refractivity contribution >= 4 is 5.91 Å². The molecule has 0 aliphatic rings. The summed E-state index contributed by atoms with van der Waals surface area (Å²) in [5.74, 6) is -0.167. The van der Waals surface area contributed by atoms with Crippen LogP contribution >= 0.6 is 0 Å². The van der Waals surface area contributed by atoms with Gasteiger partial charge in [0, 0.05) is 31.7 Å². The van der Waals surface area contributed by atoms with E-state index in [1.165, 1.54) is 0 Å². The molecule has 1 N–H and O–H groups in total. The Morgan fingerprint density at radius 1 is 1.27 bits per heavy atom. The Labute approximate surface area is 128 Å². The first-order chi connectivity index (χ1) is 10.6. The van der Waals surface area contributed by atoms with Crippen molar-refractivity contribution < 1.29 is 4.79 Å². The number of amides is 1. The summed E-state index contributed by atoms with van der Waals surface area (Å²) in [6, 6.07) is 11.5. The van der Waals surface area contributed by atoms with Crippen LogP contribution in [-0.4, -0.2) is 25.5 Å². The minimum atomic E-state index is -0.167. The molecule has 0 bridgehead atoms. The standard InChI is InChI=1S/C16H17N5O/c1-12-10-15(19-20(12)2)16(22)17-11-13-4-6-14(7-5-13)21-9-3-8-18-21/h3-10H,11H2,1-2H3,(H,17,22). The summed E-state index contributed by atoms with van der Waals surface area (Å²) >= 11 is 0. The van der Waals surface area contributed by atoms with Crippen molar-refractivity contribution in [3.05, 3.63) is 65.7 Å². The number of nitrogens with zero attached hydrogens (tertiary/aromatic N) is 4. The number of benzene rings is 1. The number of carbonyl (C=O) groups is 1. The number of aromatic nitrogens is 4. The van der Waals surface area contributed by atoms with Gasteiger partial charge in [-0.3, -0.25) is 9.48 Å². The Balaban J connectivity index is 1.63. The van der Waals surface area contributed by atoms with E-state index in [0.29, 0.717) is 12.2 Å². The Morgan fingerprint density at radius 3 is 2.64 bits per heavy atom. The van der Waals surface area contributed by atoms with Crippen molar-refractivity contribution in [1.82, 2.24) is 24.9 Å². The maximum absolute atomic E-state index is 12.0. The molecule has 0 spiro atoms. The highest BCUT2D eigenvalue weighted by atomic mass is 16.1. The maximum Gasteiger partial charge on any atom is 0.272 e. The quantitative estimate of drug-likeness (QED) is 0.799. The largest absolute Gasteiger partial charge is 0.347 e. The van der Waals surface area contributed by atoms with Crippen molar-refractivity contribution in [2.24, 2.45) is 7.05 Å². The normalized spacial score (nSPS) is 10.6. The first-order valence-electron chi connectivity index (χ1n) is 7.01. The molecule has 0 radical (unpaired) electrons. The second kappa shape index (κ2) is 5.85. The summed E-state index contributed by atoms with van der Waals surface area (Å²) in [6.07, 6.45) is 3.63. The SMILES string of the molecule is Cc1cc(C(=O)NCc2ccc(-n3cccn3)cc2)nn1C. The number of aryl methyl sites for hydroxylation is 2. The molecule has 0 aliphatic carbocycles. The predicted octanol–water partition coefficient (Wildman–Crippen LogP) is 1.84. The fraction of sp³-hybridized carbons (Fsp3) is 0.188. The minimum Gasteiger partial charge on any atom is -0.347 e. The summed E-state index contributed by atoms with van der Waals surface area (Å²) < 4.78 is 3.48. The van der Waals surface area contributed by atoms with Crippen LogP contribution in [0.1, 0.15) is 21.7 Å². The van der Waals surface area contributed by atoms with Gasteiger partial charge in [0.1, 0.15) is 5.69 Å². The molecule has 6 heteroatoms. The second-order valence-corrected chi connectivity index (χ2v) is 5.09. The van der Waals surface area contributed by atoms with Gasteiger partial charge in [-0.05, 0) is 36.8 Å². The van der Waals surface area contributed by atoms with E-state index in [1.807, 2.05) is 50.5 Å². The van der Waals surface area contributed by atoms with Crippen molar-refractivity contribution in [1.29, 1.82) is 0 Å². The van der Waals surface area contributed by atoms with Crippen LogP contribution in [0.4, 0.5) is 0 Å². The van der Waals surface area contributed by atoms with Crippen LogP contribution in [0.3, 0.4) is 0 Å². The van der Waals surface area contributed by atoms with Crippen LogP contribution in [0.15, 0.2) is 48.8 Å². The van der Waals surface area contributed by atoms with Crippen molar-refractivity contribution in [3.63, 3.8) is 0 Å². The van der Waals surface area contributed by atoms with Gasteiger partial charge in [0.05, 0.1) is 5.69 Å². The molecular weight excluding hydrogens is 278 g/mol. The monoisotopic (exact) mass is 295 g/mol. The average Bonchev–Trinajstić information content (AvgIpc) is 3.16. The van der Waals surface area contributed by atoms with Crippen LogP contribution in [0, 0.1) is 6.92 Å². The van der Waals surface area contributed by atoms with Crippen molar-refractivity contribution in [2.75, 3.05) is 0 Å². The Kier molecular flexibility index (Phi) is 3.74. The zero-order valence-corrected chi connectivity index (χ0v) is 12.5. The summed E-state index contributed by atoms with van der Waals surface area (Å²) in [6.45, 7) is 2.38. The zero-order chi connectivity index (χ0) is 15.5. The fourth-order valence-corrected chi connectivity index (χ4v) is 2.13. The molecule has 0 fully saturated rings. The highest BCUT2D eigenvalue weighted by Crippen LogP contribution is 2.09. The molecule has 1 amide bonds. The zero-order valence-electron chi connectivity index (χ0n) is 12.5. The lowest BCUT2D eigenvalue weighted by Gasteiger charge is -2.05. The van der Waals surface area contributed by atoms with Crippen LogP contribution in [0.5, 0.6) is 0 Å². The summed E-state index contributed by atoms with van der Waals surface area (Å²) in [5, 5.41) is 11.2. The van der Waals surface area contributed by atoms with Crippen LogP contribution in [0.2, 0.25) is 0 Å². The number of hydrogen-bond acceptors (Lipinski definition) is 3. The van der Waals surface area contributed by atoms with Crippen LogP contribution < -0.4 is 5.32 Å². The second-order valence-electron chi connectivity index (χ2n) is 5.09. The van der Waals surface area contributed by atoms with Gasteiger partial charge in [0.15, 0.2) is 0 Å². The number of nitrogens with one attached hydrogen (secondary N) is 1. The van der Waals surface area contributed by atoms with Gasteiger partial charge in [-0.1, -0.05) is 12.1 Å². The predicted molar refractivity (Wildman–Crippen MR) is 82.7 cm³/mol. The van der Waals surface area contributed by atoms with E-state index in [9.17, 15) is 4.79 Å². The third-order valence-electron chi connectivity index (χ3n) is 3.50. The molecule has 6 nitrogen and oxygen atoms in total. The summed E-state index contributed by atoms with van der Waals surface area (Å²) in [5.41, 5.74) is 3.40. The lowest BCUT2D eigenvalue weighted by molar-refractivity contribution is 0.0945. The number of carbonyl (C=O) groups excluding carboxylic acids is 1. The topological polar surface area (TPSA) is 64.7 Å². The van der Waals surface area contributed by atoms with E-state index < -0.39 is 0 Å². The van der Waals surface area contributed by atoms with E-state index in [2.05, 4.69) is 15.5 Å². The molecule has 3 rings (SSSR count). The van der Waals surface area contributed by atoms with E-state index in [-0.39, 0.29) is 5.91 Å². The molecule has 3 aromatic rings.